The first-order valence-electron chi connectivity index (χ1n) is 7.54. The van der Waals surface area contributed by atoms with Gasteiger partial charge in [-0.15, -0.1) is 11.3 Å². The lowest BCUT2D eigenvalue weighted by atomic mass is 9.94. The van der Waals surface area contributed by atoms with Gasteiger partial charge in [0.1, 0.15) is 0 Å². The molecule has 1 amide bonds. The normalized spacial score (nSPS) is 12.3. The van der Waals surface area contributed by atoms with Gasteiger partial charge in [0, 0.05) is 34.0 Å². The Kier molecular flexibility index (Phi) is 3.50. The molecule has 0 aliphatic heterocycles. The van der Waals surface area contributed by atoms with Gasteiger partial charge in [0.15, 0.2) is 0 Å². The number of nitrogens with two attached hydrogens (primary N) is 1. The van der Waals surface area contributed by atoms with Crippen LogP contribution in [0.5, 0.6) is 0 Å². The molecular weight excluding hydrogens is 342 g/mol. The fourth-order valence-electron chi connectivity index (χ4n) is 3.00. The third kappa shape index (κ3) is 2.54. The summed E-state index contributed by atoms with van der Waals surface area (Å²) in [5.74, 6) is -0.309. The lowest BCUT2D eigenvalue weighted by Gasteiger charge is -2.13. The van der Waals surface area contributed by atoms with Crippen molar-refractivity contribution >= 4 is 33.6 Å². The number of nitro groups is 1. The van der Waals surface area contributed by atoms with Crippen LogP contribution < -0.4 is 11.1 Å². The second-order valence-electron chi connectivity index (χ2n) is 5.67. The first-order valence-corrected chi connectivity index (χ1v) is 8.36. The highest BCUT2D eigenvalue weighted by atomic mass is 32.1. The monoisotopic (exact) mass is 355 g/mol. The molecule has 4 rings (SSSR count). The van der Waals surface area contributed by atoms with Crippen molar-refractivity contribution in [3.63, 3.8) is 0 Å². The van der Waals surface area contributed by atoms with Gasteiger partial charge in [-0.2, -0.15) is 5.10 Å². The third-order valence-electron chi connectivity index (χ3n) is 4.19. The van der Waals surface area contributed by atoms with E-state index in [2.05, 4.69) is 15.5 Å². The van der Waals surface area contributed by atoms with E-state index >= 15 is 0 Å². The molecule has 3 aromatic rings. The van der Waals surface area contributed by atoms with Crippen LogP contribution in [0.15, 0.2) is 30.5 Å². The number of anilines is 2. The van der Waals surface area contributed by atoms with E-state index in [0.717, 1.165) is 28.1 Å². The largest absolute Gasteiger partial charge is 0.390 e. The van der Waals surface area contributed by atoms with Gasteiger partial charge in [-0.1, -0.05) is 0 Å². The highest BCUT2D eigenvalue weighted by Gasteiger charge is 2.28. The van der Waals surface area contributed by atoms with Crippen LogP contribution in [0.25, 0.3) is 10.4 Å². The molecule has 0 fully saturated rings. The summed E-state index contributed by atoms with van der Waals surface area (Å²) in [7, 11) is 0. The minimum absolute atomic E-state index is 0.0297. The smallest absolute Gasteiger partial charge is 0.269 e. The van der Waals surface area contributed by atoms with Gasteiger partial charge in [-0.25, -0.2) is 0 Å². The Morgan fingerprint density at radius 1 is 1.32 bits per heavy atom. The lowest BCUT2D eigenvalue weighted by Crippen LogP contribution is -2.16. The summed E-state index contributed by atoms with van der Waals surface area (Å²) in [6, 6.07) is 5.69. The van der Waals surface area contributed by atoms with Crippen molar-refractivity contribution in [2.45, 2.75) is 12.8 Å². The number of non-ortho nitro benzene ring substituents is 1. The number of benzene rings is 1. The number of nitrogens with one attached hydrogen (secondary N) is 2. The molecule has 0 bridgehead atoms. The number of hydrogen-bond acceptors (Lipinski definition) is 6. The standard InChI is InChI=1S/C16H13N5O3S/c17-15-13(10-5-6-12-11(7-18-20-12)14(10)25-15)16(22)19-8-1-3-9(4-2-8)21(23)24/h1-4,7H,5-6,17H2,(H,18,20)(H,19,22). The summed E-state index contributed by atoms with van der Waals surface area (Å²) in [5, 5.41) is 21.0. The van der Waals surface area contributed by atoms with Gasteiger partial charge < -0.3 is 11.1 Å². The number of carbonyl (C=O) groups is 1. The fraction of sp³-hybridized carbons (Fsp3) is 0.125. The van der Waals surface area contributed by atoms with Crippen LogP contribution in [0.1, 0.15) is 21.6 Å². The second-order valence-corrected chi connectivity index (χ2v) is 6.72. The predicted octanol–water partition coefficient (Wildman–Crippen LogP) is 2.98. The molecule has 2 aromatic heterocycles. The number of thiophene rings is 1. The molecule has 1 aliphatic carbocycles. The van der Waals surface area contributed by atoms with Crippen molar-refractivity contribution in [3.8, 4) is 10.4 Å². The van der Waals surface area contributed by atoms with Gasteiger partial charge in [0.2, 0.25) is 0 Å². The first-order chi connectivity index (χ1) is 12.0. The van der Waals surface area contributed by atoms with Crippen LogP contribution in [0.3, 0.4) is 0 Å². The predicted molar refractivity (Wildman–Crippen MR) is 94.8 cm³/mol. The molecule has 1 aromatic carbocycles. The molecule has 0 radical (unpaired) electrons. The number of amides is 1. The maximum atomic E-state index is 12.7. The number of rotatable bonds is 3. The van der Waals surface area contributed by atoms with E-state index in [1.54, 1.807) is 6.20 Å². The Morgan fingerprint density at radius 2 is 2.08 bits per heavy atom. The molecule has 0 saturated carbocycles. The number of aromatic nitrogens is 2. The maximum Gasteiger partial charge on any atom is 0.269 e. The molecule has 1 aliphatic rings. The van der Waals surface area contributed by atoms with Crippen molar-refractivity contribution in [2.75, 3.05) is 11.1 Å². The lowest BCUT2D eigenvalue weighted by molar-refractivity contribution is -0.384. The second kappa shape index (κ2) is 5.71. The topological polar surface area (TPSA) is 127 Å². The Labute approximate surface area is 145 Å². The minimum Gasteiger partial charge on any atom is -0.390 e. The number of carbonyl (C=O) groups excluding carboxylic acids is 1. The van der Waals surface area contributed by atoms with Crippen LogP contribution in [-0.4, -0.2) is 21.0 Å². The quantitative estimate of drug-likeness (QED) is 0.492. The van der Waals surface area contributed by atoms with Crippen LogP contribution >= 0.6 is 11.3 Å². The summed E-state index contributed by atoms with van der Waals surface area (Å²) in [6.45, 7) is 0. The summed E-state index contributed by atoms with van der Waals surface area (Å²) < 4.78 is 0. The average molecular weight is 355 g/mol. The molecule has 126 valence electrons. The SMILES string of the molecule is Nc1sc2c(c1C(=O)Nc1ccc([N+](=O)[O-])cc1)CCc1[nH]ncc1-2. The van der Waals surface area contributed by atoms with E-state index in [1.807, 2.05) is 0 Å². The Bertz CT molecular complexity index is 990. The fourth-order valence-corrected chi connectivity index (χ4v) is 4.15. The number of aryl methyl sites for hydroxylation is 1. The molecule has 0 atom stereocenters. The van der Waals surface area contributed by atoms with Gasteiger partial charge in [-0.3, -0.25) is 20.0 Å². The van der Waals surface area contributed by atoms with E-state index < -0.39 is 4.92 Å². The van der Waals surface area contributed by atoms with Gasteiger partial charge in [-0.05, 0) is 30.5 Å². The van der Waals surface area contributed by atoms with Crippen LogP contribution in [0.2, 0.25) is 0 Å². The molecule has 2 heterocycles. The van der Waals surface area contributed by atoms with Gasteiger partial charge >= 0.3 is 0 Å². The summed E-state index contributed by atoms with van der Waals surface area (Å²) in [5.41, 5.74) is 10.0. The van der Waals surface area contributed by atoms with Crippen LogP contribution in [0.4, 0.5) is 16.4 Å². The zero-order valence-corrected chi connectivity index (χ0v) is 13.7. The minimum atomic E-state index is -0.485. The molecule has 0 saturated heterocycles. The van der Waals surface area contributed by atoms with E-state index in [4.69, 9.17) is 5.73 Å². The summed E-state index contributed by atoms with van der Waals surface area (Å²) in [6.07, 6.45) is 3.23. The van der Waals surface area contributed by atoms with E-state index in [-0.39, 0.29) is 11.6 Å². The number of aromatic amines is 1. The molecule has 4 N–H and O–H groups in total. The van der Waals surface area contributed by atoms with Crippen LogP contribution in [-0.2, 0) is 12.8 Å². The zero-order chi connectivity index (χ0) is 17.6. The molecule has 9 heteroatoms. The van der Waals surface area contributed by atoms with Crippen molar-refractivity contribution in [3.05, 3.63) is 57.4 Å². The Hall–Kier alpha value is -3.20. The molecular formula is C16H13N5O3S. The van der Waals surface area contributed by atoms with Crippen molar-refractivity contribution in [1.82, 2.24) is 10.2 Å². The third-order valence-corrected chi connectivity index (χ3v) is 5.28. The molecule has 0 unspecified atom stereocenters. The van der Waals surface area contributed by atoms with Crippen molar-refractivity contribution in [2.24, 2.45) is 0 Å². The molecule has 0 spiro atoms. The molecule has 25 heavy (non-hydrogen) atoms. The number of fused-ring (bicyclic) bond motifs is 3. The Balaban J connectivity index is 1.64. The average Bonchev–Trinajstić information content (AvgIpc) is 3.18. The van der Waals surface area contributed by atoms with E-state index in [9.17, 15) is 14.9 Å². The highest BCUT2D eigenvalue weighted by Crippen LogP contribution is 2.43. The van der Waals surface area contributed by atoms with E-state index in [0.29, 0.717) is 22.7 Å². The molecule has 8 nitrogen and oxygen atoms in total. The maximum absolute atomic E-state index is 12.7. The number of nitro benzene ring substituents is 1. The highest BCUT2D eigenvalue weighted by molar-refractivity contribution is 7.20. The number of nitrogen functional groups attached to an aromatic ring is 1. The summed E-state index contributed by atoms with van der Waals surface area (Å²) in [4.78, 5) is 23.9. The Morgan fingerprint density at radius 3 is 2.80 bits per heavy atom. The summed E-state index contributed by atoms with van der Waals surface area (Å²) >= 11 is 1.38. The number of H-pyrrole nitrogens is 1. The van der Waals surface area contributed by atoms with Crippen molar-refractivity contribution in [1.29, 1.82) is 0 Å². The zero-order valence-electron chi connectivity index (χ0n) is 12.9. The number of nitrogens with zero attached hydrogens (tertiary/aromatic N) is 2. The van der Waals surface area contributed by atoms with Crippen LogP contribution in [0, 0.1) is 10.1 Å². The number of hydrogen-bond donors (Lipinski definition) is 3. The van der Waals surface area contributed by atoms with Gasteiger partial charge in [0.05, 0.1) is 21.7 Å². The first kappa shape index (κ1) is 15.3. The van der Waals surface area contributed by atoms with Gasteiger partial charge in [0.25, 0.3) is 11.6 Å². The van der Waals surface area contributed by atoms with Crippen molar-refractivity contribution < 1.29 is 9.72 Å². The van der Waals surface area contributed by atoms with E-state index in [1.165, 1.54) is 35.6 Å².